The molecule has 3 heterocycles. The van der Waals surface area contributed by atoms with Crippen LogP contribution in [0.2, 0.25) is 0 Å². The number of rotatable bonds is 3. The number of furan rings is 1. The van der Waals surface area contributed by atoms with Gasteiger partial charge in [-0.1, -0.05) is 111 Å². The highest BCUT2D eigenvalue weighted by molar-refractivity contribution is 6.18. The van der Waals surface area contributed by atoms with E-state index in [4.69, 9.17) is 14.4 Å². The molecular weight excluding hydrogens is 623 g/mol. The van der Waals surface area contributed by atoms with Gasteiger partial charge in [-0.15, -0.1) is 0 Å². The van der Waals surface area contributed by atoms with Crippen molar-refractivity contribution in [3.63, 3.8) is 0 Å². The second kappa shape index (κ2) is 10.3. The van der Waals surface area contributed by atoms with E-state index in [-0.39, 0.29) is 5.41 Å². The van der Waals surface area contributed by atoms with Gasteiger partial charge in [0, 0.05) is 49.8 Å². The van der Waals surface area contributed by atoms with Gasteiger partial charge in [-0.2, -0.15) is 0 Å². The summed E-state index contributed by atoms with van der Waals surface area (Å²) in [5.74, 6) is 0. The third kappa shape index (κ3) is 3.96. The van der Waals surface area contributed by atoms with Crippen molar-refractivity contribution in [3.05, 3.63) is 163 Å². The van der Waals surface area contributed by atoms with Crippen LogP contribution in [-0.4, -0.2) is 14.5 Å². The molecule has 0 saturated carbocycles. The maximum atomic E-state index is 6.70. The quantitative estimate of drug-likeness (QED) is 0.191. The summed E-state index contributed by atoms with van der Waals surface area (Å²) in [7, 11) is 0. The zero-order valence-corrected chi connectivity index (χ0v) is 28.2. The van der Waals surface area contributed by atoms with Crippen LogP contribution >= 0.6 is 0 Å². The minimum Gasteiger partial charge on any atom is -0.456 e. The van der Waals surface area contributed by atoms with Crippen molar-refractivity contribution < 1.29 is 4.42 Å². The Morgan fingerprint density at radius 2 is 1.18 bits per heavy atom. The third-order valence-electron chi connectivity index (χ3n) is 11.0. The smallest absolute Gasteiger partial charge is 0.137 e. The number of benzene rings is 7. The van der Waals surface area contributed by atoms with Crippen molar-refractivity contribution >= 4 is 54.8 Å². The van der Waals surface area contributed by atoms with Crippen LogP contribution in [0.5, 0.6) is 0 Å². The highest BCUT2D eigenvalue weighted by Gasteiger charge is 2.37. The molecule has 10 aromatic rings. The lowest BCUT2D eigenvalue weighted by Crippen LogP contribution is -2.14. The molecule has 4 nitrogen and oxygen atoms in total. The van der Waals surface area contributed by atoms with E-state index < -0.39 is 0 Å². The highest BCUT2D eigenvalue weighted by atomic mass is 16.3. The van der Waals surface area contributed by atoms with Gasteiger partial charge < -0.3 is 8.98 Å². The normalized spacial score (nSPS) is 13.5. The van der Waals surface area contributed by atoms with Crippen LogP contribution in [0.15, 0.2) is 156 Å². The minimum atomic E-state index is -0.0599. The Balaban J connectivity index is 1.10. The van der Waals surface area contributed by atoms with E-state index in [1.807, 2.05) is 42.5 Å². The van der Waals surface area contributed by atoms with Gasteiger partial charge >= 0.3 is 0 Å². The zero-order valence-electron chi connectivity index (χ0n) is 28.2. The first kappa shape index (κ1) is 28.3. The molecule has 0 atom stereocenters. The topological polar surface area (TPSA) is 43.9 Å². The Morgan fingerprint density at radius 3 is 2.00 bits per heavy atom. The molecule has 0 aliphatic heterocycles. The van der Waals surface area contributed by atoms with Crippen LogP contribution in [0.4, 0.5) is 0 Å². The molecule has 1 aliphatic rings. The maximum absolute atomic E-state index is 6.70. The second-order valence-electron chi connectivity index (χ2n) is 14.2. The number of hydrogen-bond donors (Lipinski definition) is 0. The first-order chi connectivity index (χ1) is 25.0. The Hall–Kier alpha value is -6.52. The molecule has 51 heavy (non-hydrogen) atoms. The molecule has 0 bridgehead atoms. The summed E-state index contributed by atoms with van der Waals surface area (Å²) in [5.41, 5.74) is 16.0. The first-order valence-corrected chi connectivity index (χ1v) is 17.5. The maximum Gasteiger partial charge on any atom is 0.137 e. The molecule has 0 saturated heterocycles. The number of fused-ring (bicyclic) bond motifs is 11. The van der Waals surface area contributed by atoms with Crippen LogP contribution < -0.4 is 0 Å². The van der Waals surface area contributed by atoms with E-state index in [1.165, 1.54) is 44.1 Å². The van der Waals surface area contributed by atoms with Gasteiger partial charge in [-0.3, -0.25) is 0 Å². The van der Waals surface area contributed by atoms with Crippen molar-refractivity contribution in [3.8, 4) is 39.3 Å². The van der Waals surface area contributed by atoms with E-state index in [9.17, 15) is 0 Å². The third-order valence-corrected chi connectivity index (χ3v) is 11.0. The van der Waals surface area contributed by atoms with Crippen LogP contribution in [0.25, 0.3) is 94.1 Å². The number of para-hydroxylation sites is 3. The fourth-order valence-electron chi connectivity index (χ4n) is 8.58. The molecule has 0 fully saturated rings. The number of nitrogens with zero attached hydrogens (tertiary/aromatic N) is 3. The molecule has 0 unspecified atom stereocenters. The van der Waals surface area contributed by atoms with E-state index >= 15 is 0 Å². The molecule has 11 rings (SSSR count). The fourth-order valence-corrected chi connectivity index (χ4v) is 8.58. The monoisotopic (exact) mass is 653 g/mol. The Kier molecular flexibility index (Phi) is 5.70. The predicted molar refractivity (Wildman–Crippen MR) is 210 cm³/mol. The second-order valence-corrected chi connectivity index (χ2v) is 14.2. The summed E-state index contributed by atoms with van der Waals surface area (Å²) in [6.45, 7) is 4.69. The van der Waals surface area contributed by atoms with E-state index in [2.05, 4.69) is 128 Å². The Bertz CT molecular complexity index is 3060. The SMILES string of the molecule is CC1(C)c2ccccc2-c2c1ccc1c2c2ccccc2n1-c1ccc2c(c1)oc1cc(-c3nc4ccccc4nc3-c3ccccc3)ccc12. The van der Waals surface area contributed by atoms with Crippen molar-refractivity contribution in [1.82, 2.24) is 14.5 Å². The summed E-state index contributed by atoms with van der Waals surface area (Å²) in [6, 6.07) is 53.7. The molecule has 0 radical (unpaired) electrons. The minimum absolute atomic E-state index is 0.0599. The standard InChI is InChI=1S/C47H31N3O/c1-47(2)35-16-8-6-14-33(35)43-36(47)24-25-40-44(43)34-15-7-11-19-39(34)50(40)30-21-23-32-31-22-20-29(26-41(31)51-42(32)27-30)46-45(28-12-4-3-5-13-28)48-37-17-9-10-18-38(37)49-46/h3-27H,1-2H3. The molecule has 0 amide bonds. The van der Waals surface area contributed by atoms with Crippen molar-refractivity contribution in [2.45, 2.75) is 19.3 Å². The predicted octanol–water partition coefficient (Wildman–Crippen LogP) is 12.3. The van der Waals surface area contributed by atoms with Gasteiger partial charge in [0.2, 0.25) is 0 Å². The summed E-state index contributed by atoms with van der Waals surface area (Å²) in [4.78, 5) is 10.2. The lowest BCUT2D eigenvalue weighted by Gasteiger charge is -2.21. The summed E-state index contributed by atoms with van der Waals surface area (Å²) in [6.07, 6.45) is 0. The van der Waals surface area contributed by atoms with Gasteiger partial charge in [0.15, 0.2) is 0 Å². The van der Waals surface area contributed by atoms with Crippen LogP contribution in [0.3, 0.4) is 0 Å². The molecule has 4 heteroatoms. The highest BCUT2D eigenvalue weighted by Crippen LogP contribution is 2.53. The van der Waals surface area contributed by atoms with E-state index in [1.54, 1.807) is 0 Å². The lowest BCUT2D eigenvalue weighted by molar-refractivity contribution is 0.661. The fraction of sp³-hybridized carbons (Fsp3) is 0.0638. The molecule has 3 aromatic heterocycles. The van der Waals surface area contributed by atoms with Gasteiger partial charge in [-0.05, 0) is 70.8 Å². The molecule has 240 valence electrons. The first-order valence-electron chi connectivity index (χ1n) is 17.5. The summed E-state index contributed by atoms with van der Waals surface area (Å²) < 4.78 is 9.09. The van der Waals surface area contributed by atoms with Crippen LogP contribution in [0, 0.1) is 0 Å². The zero-order chi connectivity index (χ0) is 33.8. The molecule has 1 aliphatic carbocycles. The largest absolute Gasteiger partial charge is 0.456 e. The molecule has 0 spiro atoms. The Labute approximate surface area is 294 Å². The molecule has 0 N–H and O–H groups in total. The van der Waals surface area contributed by atoms with Gasteiger partial charge in [0.05, 0.1) is 33.5 Å². The van der Waals surface area contributed by atoms with Crippen molar-refractivity contribution in [1.29, 1.82) is 0 Å². The van der Waals surface area contributed by atoms with Crippen molar-refractivity contribution in [2.24, 2.45) is 0 Å². The Morgan fingerprint density at radius 1 is 0.510 bits per heavy atom. The average Bonchev–Trinajstić information content (AvgIpc) is 3.79. The lowest BCUT2D eigenvalue weighted by atomic mass is 9.82. The van der Waals surface area contributed by atoms with Crippen LogP contribution in [0.1, 0.15) is 25.0 Å². The van der Waals surface area contributed by atoms with Gasteiger partial charge in [0.1, 0.15) is 11.2 Å². The number of aromatic nitrogens is 3. The number of hydrogen-bond acceptors (Lipinski definition) is 3. The summed E-state index contributed by atoms with van der Waals surface area (Å²) in [5, 5.41) is 4.73. The van der Waals surface area contributed by atoms with E-state index in [0.717, 1.165) is 61.2 Å². The van der Waals surface area contributed by atoms with Gasteiger partial charge in [-0.25, -0.2) is 9.97 Å². The summed E-state index contributed by atoms with van der Waals surface area (Å²) >= 11 is 0. The van der Waals surface area contributed by atoms with Crippen LogP contribution in [-0.2, 0) is 5.41 Å². The average molecular weight is 654 g/mol. The molecule has 7 aromatic carbocycles. The van der Waals surface area contributed by atoms with Gasteiger partial charge in [0.25, 0.3) is 0 Å². The van der Waals surface area contributed by atoms with E-state index in [0.29, 0.717) is 0 Å². The molecular formula is C47H31N3O. The van der Waals surface area contributed by atoms with Crippen molar-refractivity contribution in [2.75, 3.05) is 0 Å².